The molecule has 7 heteroatoms. The Balaban J connectivity index is 2.37. The van der Waals surface area contributed by atoms with Gasteiger partial charge in [-0.25, -0.2) is 13.4 Å². The van der Waals surface area contributed by atoms with E-state index in [1.807, 2.05) is 25.3 Å². The molecule has 1 unspecified atom stereocenters. The van der Waals surface area contributed by atoms with Crippen molar-refractivity contribution in [3.05, 3.63) is 12.0 Å². The average Bonchev–Trinajstić information content (AvgIpc) is 2.84. The highest BCUT2D eigenvalue weighted by molar-refractivity contribution is 8.01. The van der Waals surface area contributed by atoms with Crippen molar-refractivity contribution >= 4 is 21.8 Å². The molecule has 0 radical (unpaired) electrons. The molecule has 0 N–H and O–H groups in total. The van der Waals surface area contributed by atoms with E-state index in [4.69, 9.17) is 0 Å². The van der Waals surface area contributed by atoms with Crippen LogP contribution in [0.4, 0.5) is 0 Å². The van der Waals surface area contributed by atoms with Gasteiger partial charge in [0.05, 0.1) is 5.37 Å². The third-order valence-corrected chi connectivity index (χ3v) is 6.07. The van der Waals surface area contributed by atoms with Crippen LogP contribution >= 0.6 is 11.8 Å². The van der Waals surface area contributed by atoms with Crippen molar-refractivity contribution in [3.63, 3.8) is 0 Å². The summed E-state index contributed by atoms with van der Waals surface area (Å²) in [5.41, 5.74) is 0. The number of rotatable bonds is 3. The summed E-state index contributed by atoms with van der Waals surface area (Å²) in [6.07, 6.45) is 1.63. The zero-order valence-corrected chi connectivity index (χ0v) is 11.9. The van der Waals surface area contributed by atoms with Crippen LogP contribution in [0.2, 0.25) is 0 Å². The third kappa shape index (κ3) is 2.23. The highest BCUT2D eigenvalue weighted by atomic mass is 32.2. The van der Waals surface area contributed by atoms with Crippen molar-refractivity contribution in [3.8, 4) is 0 Å². The molecule has 1 aromatic rings. The molecule has 0 saturated carbocycles. The minimum Gasteiger partial charge on any atom is -0.334 e. The molecule has 5 nitrogen and oxygen atoms in total. The molecule has 0 aromatic carbocycles. The molecule has 1 aliphatic heterocycles. The van der Waals surface area contributed by atoms with E-state index in [1.54, 1.807) is 18.0 Å². The van der Waals surface area contributed by atoms with Crippen LogP contribution in [0.1, 0.15) is 19.7 Å². The van der Waals surface area contributed by atoms with Crippen molar-refractivity contribution in [2.75, 3.05) is 12.3 Å². The molecule has 2 heterocycles. The van der Waals surface area contributed by atoms with E-state index in [9.17, 15) is 8.42 Å². The molecule has 1 fully saturated rings. The SMILES string of the molecule is CCn1cc(S(=O)(=O)N2CCSC2C)nc1C. The Labute approximate surface area is 106 Å². The maximum absolute atomic E-state index is 12.4. The first-order chi connectivity index (χ1) is 7.96. The molecular formula is C10H17N3O2S2. The molecule has 1 atom stereocenters. The van der Waals surface area contributed by atoms with Gasteiger partial charge >= 0.3 is 0 Å². The summed E-state index contributed by atoms with van der Waals surface area (Å²) >= 11 is 1.66. The molecule has 17 heavy (non-hydrogen) atoms. The highest BCUT2D eigenvalue weighted by Crippen LogP contribution is 2.29. The number of aromatic nitrogens is 2. The second kappa shape index (κ2) is 4.62. The Bertz CT molecular complexity index is 510. The Morgan fingerprint density at radius 3 is 2.76 bits per heavy atom. The standard InChI is InChI=1S/C10H17N3O2S2/c1-4-12-7-10(11-8(12)2)17(14,15)13-5-6-16-9(13)3/h7,9H,4-6H2,1-3H3. The van der Waals surface area contributed by atoms with Crippen LogP contribution in [0.15, 0.2) is 11.2 Å². The fourth-order valence-electron chi connectivity index (χ4n) is 1.94. The van der Waals surface area contributed by atoms with E-state index in [-0.39, 0.29) is 10.4 Å². The van der Waals surface area contributed by atoms with Gasteiger partial charge in [0.1, 0.15) is 5.82 Å². The zero-order chi connectivity index (χ0) is 12.6. The predicted octanol–water partition coefficient (Wildman–Crippen LogP) is 1.29. The van der Waals surface area contributed by atoms with Crippen LogP contribution in [0.3, 0.4) is 0 Å². The molecule has 0 amide bonds. The van der Waals surface area contributed by atoms with Gasteiger partial charge in [-0.3, -0.25) is 0 Å². The molecule has 0 bridgehead atoms. The molecule has 0 spiro atoms. The molecule has 1 aliphatic rings. The van der Waals surface area contributed by atoms with Gasteiger partial charge in [0.2, 0.25) is 0 Å². The van der Waals surface area contributed by atoms with Gasteiger partial charge in [-0.1, -0.05) is 0 Å². The van der Waals surface area contributed by atoms with Crippen molar-refractivity contribution in [1.82, 2.24) is 13.9 Å². The molecule has 1 saturated heterocycles. The highest BCUT2D eigenvalue weighted by Gasteiger charge is 2.34. The van der Waals surface area contributed by atoms with Gasteiger partial charge < -0.3 is 4.57 Å². The molecule has 0 aliphatic carbocycles. The lowest BCUT2D eigenvalue weighted by atomic mass is 10.6. The first kappa shape index (κ1) is 12.9. The smallest absolute Gasteiger partial charge is 0.263 e. The van der Waals surface area contributed by atoms with Crippen LogP contribution in [-0.2, 0) is 16.6 Å². The van der Waals surface area contributed by atoms with Gasteiger partial charge in [0, 0.05) is 25.0 Å². The van der Waals surface area contributed by atoms with Crippen molar-refractivity contribution in [2.45, 2.75) is 37.7 Å². The maximum atomic E-state index is 12.4. The predicted molar refractivity (Wildman–Crippen MR) is 68.4 cm³/mol. The lowest BCUT2D eigenvalue weighted by Crippen LogP contribution is -2.33. The average molecular weight is 275 g/mol. The van der Waals surface area contributed by atoms with E-state index in [0.29, 0.717) is 6.54 Å². The van der Waals surface area contributed by atoms with Gasteiger partial charge in [0.25, 0.3) is 10.0 Å². The van der Waals surface area contributed by atoms with Crippen LogP contribution in [0.25, 0.3) is 0 Å². The number of hydrogen-bond acceptors (Lipinski definition) is 4. The fourth-order valence-corrected chi connectivity index (χ4v) is 4.96. The normalized spacial score (nSPS) is 22.2. The fraction of sp³-hybridized carbons (Fsp3) is 0.700. The zero-order valence-electron chi connectivity index (χ0n) is 10.3. The van der Waals surface area contributed by atoms with Gasteiger partial charge in [0.15, 0.2) is 5.03 Å². The largest absolute Gasteiger partial charge is 0.334 e. The first-order valence-electron chi connectivity index (χ1n) is 5.64. The monoisotopic (exact) mass is 275 g/mol. The number of thioether (sulfide) groups is 1. The molecule has 96 valence electrons. The van der Waals surface area contributed by atoms with Crippen molar-refractivity contribution in [2.24, 2.45) is 0 Å². The quantitative estimate of drug-likeness (QED) is 0.834. The number of nitrogens with zero attached hydrogens (tertiary/aromatic N) is 3. The summed E-state index contributed by atoms with van der Waals surface area (Å²) in [7, 11) is -3.42. The number of sulfonamides is 1. The van der Waals surface area contributed by atoms with Crippen LogP contribution in [0, 0.1) is 6.92 Å². The van der Waals surface area contributed by atoms with Gasteiger partial charge in [-0.05, 0) is 20.8 Å². The summed E-state index contributed by atoms with van der Waals surface area (Å²) in [6.45, 7) is 7.02. The number of aryl methyl sites for hydroxylation is 2. The van der Waals surface area contributed by atoms with Gasteiger partial charge in [-0.15, -0.1) is 11.8 Å². The van der Waals surface area contributed by atoms with Crippen molar-refractivity contribution < 1.29 is 8.42 Å². The minimum absolute atomic E-state index is 0.00656. The Morgan fingerprint density at radius 1 is 1.59 bits per heavy atom. The van der Waals surface area contributed by atoms with Crippen LogP contribution in [-0.4, -0.2) is 39.9 Å². The maximum Gasteiger partial charge on any atom is 0.263 e. The lowest BCUT2D eigenvalue weighted by Gasteiger charge is -2.18. The van der Waals surface area contributed by atoms with Crippen LogP contribution in [0.5, 0.6) is 0 Å². The minimum atomic E-state index is -3.42. The third-order valence-electron chi connectivity index (χ3n) is 2.94. The molecule has 1 aromatic heterocycles. The van der Waals surface area contributed by atoms with E-state index in [1.165, 1.54) is 4.31 Å². The molecule has 2 rings (SSSR count). The Kier molecular flexibility index (Phi) is 3.51. The van der Waals surface area contributed by atoms with E-state index < -0.39 is 10.0 Å². The summed E-state index contributed by atoms with van der Waals surface area (Å²) in [4.78, 5) is 4.16. The summed E-state index contributed by atoms with van der Waals surface area (Å²) in [5.74, 6) is 1.60. The van der Waals surface area contributed by atoms with E-state index >= 15 is 0 Å². The van der Waals surface area contributed by atoms with Gasteiger partial charge in [-0.2, -0.15) is 4.31 Å². The van der Waals surface area contributed by atoms with E-state index in [2.05, 4.69) is 4.98 Å². The topological polar surface area (TPSA) is 55.2 Å². The second-order valence-electron chi connectivity index (χ2n) is 4.00. The Hall–Kier alpha value is -0.530. The Morgan fingerprint density at radius 2 is 2.29 bits per heavy atom. The second-order valence-corrected chi connectivity index (χ2v) is 7.26. The number of hydrogen-bond donors (Lipinski definition) is 0. The summed E-state index contributed by atoms with van der Waals surface area (Å²) < 4.78 is 28.1. The van der Waals surface area contributed by atoms with Crippen LogP contribution < -0.4 is 0 Å². The van der Waals surface area contributed by atoms with E-state index in [0.717, 1.165) is 18.1 Å². The van der Waals surface area contributed by atoms with Crippen molar-refractivity contribution in [1.29, 1.82) is 0 Å². The molecular weight excluding hydrogens is 258 g/mol. The number of imidazole rings is 1. The first-order valence-corrected chi connectivity index (χ1v) is 8.13. The lowest BCUT2D eigenvalue weighted by molar-refractivity contribution is 0.439. The summed E-state index contributed by atoms with van der Waals surface area (Å²) in [6, 6.07) is 0. The summed E-state index contributed by atoms with van der Waals surface area (Å²) in [5, 5.41) is 0.179.